The van der Waals surface area contributed by atoms with Gasteiger partial charge in [0.15, 0.2) is 0 Å². The Morgan fingerprint density at radius 3 is 2.45 bits per heavy atom. The molecule has 2 aromatic carbocycles. The normalized spacial score (nSPS) is 42.9. The van der Waals surface area contributed by atoms with Crippen LogP contribution in [0, 0.1) is 42.9 Å². The van der Waals surface area contributed by atoms with Crippen LogP contribution in [0.15, 0.2) is 42.5 Å². The van der Waals surface area contributed by atoms with Crippen LogP contribution >= 0.6 is 0 Å². The number of hydrogen-bond acceptors (Lipinski definition) is 9. The first kappa shape index (κ1) is 33.3. The van der Waals surface area contributed by atoms with E-state index in [0.717, 1.165) is 11.1 Å². The predicted molar refractivity (Wildman–Crippen MR) is 181 cm³/mol. The third kappa shape index (κ3) is 4.10. The predicted octanol–water partition coefficient (Wildman–Crippen LogP) is 4.13. The molecule has 8 rings (SSSR count). The number of fused-ring (bicyclic) bond motifs is 2. The van der Waals surface area contributed by atoms with Crippen LogP contribution in [-0.2, 0) is 18.9 Å². The zero-order chi connectivity index (χ0) is 34.7. The fourth-order valence-electron chi connectivity index (χ4n) is 12.7. The molecule has 264 valence electrons. The van der Waals surface area contributed by atoms with Gasteiger partial charge in [-0.15, -0.1) is 0 Å². The molecule has 1 saturated heterocycles. The summed E-state index contributed by atoms with van der Waals surface area (Å²) in [5.74, 6) is -1.67. The Morgan fingerprint density at radius 1 is 0.980 bits per heavy atom. The third-order valence-corrected chi connectivity index (χ3v) is 14.2. The lowest BCUT2D eigenvalue weighted by molar-refractivity contribution is -0.337. The summed E-state index contributed by atoms with van der Waals surface area (Å²) in [5, 5.41) is 28.9. The minimum Gasteiger partial charge on any atom is -0.454 e. The smallest absolute Gasteiger partial charge is 0.340 e. The average Bonchev–Trinajstić information content (AvgIpc) is 3.51. The number of likely N-dealkylation sites (N-methyl/N-ethyl adjacent to an activating group) is 1. The second kappa shape index (κ2) is 11.3. The van der Waals surface area contributed by atoms with Gasteiger partial charge in [0.05, 0.1) is 29.6 Å². The number of amides is 1. The number of piperidine rings is 1. The van der Waals surface area contributed by atoms with E-state index in [1.807, 2.05) is 26.0 Å². The summed E-state index contributed by atoms with van der Waals surface area (Å²) in [4.78, 5) is 30.3. The Bertz CT molecular complexity index is 1680. The zero-order valence-electron chi connectivity index (χ0n) is 29.4. The van der Waals surface area contributed by atoms with Crippen molar-refractivity contribution in [2.75, 3.05) is 39.7 Å². The van der Waals surface area contributed by atoms with Crippen molar-refractivity contribution in [3.05, 3.63) is 64.7 Å². The maximum absolute atomic E-state index is 14.5. The third-order valence-electron chi connectivity index (χ3n) is 14.2. The molecule has 0 radical (unpaired) electrons. The molecule has 6 aliphatic rings. The van der Waals surface area contributed by atoms with Crippen molar-refractivity contribution in [3.63, 3.8) is 0 Å². The first-order valence-electron chi connectivity index (χ1n) is 17.9. The quantitative estimate of drug-likeness (QED) is 0.355. The van der Waals surface area contributed by atoms with Gasteiger partial charge in [-0.3, -0.25) is 9.69 Å². The van der Waals surface area contributed by atoms with Crippen molar-refractivity contribution in [2.45, 2.75) is 94.0 Å². The van der Waals surface area contributed by atoms with Gasteiger partial charge in [-0.1, -0.05) is 36.8 Å². The highest BCUT2D eigenvalue weighted by Gasteiger charge is 2.89. The lowest BCUT2D eigenvalue weighted by Crippen LogP contribution is -2.83. The van der Waals surface area contributed by atoms with E-state index in [0.29, 0.717) is 62.0 Å². The van der Waals surface area contributed by atoms with Crippen LogP contribution in [-0.4, -0.2) is 103 Å². The number of aryl methyl sites for hydroxylation is 2. The van der Waals surface area contributed by atoms with E-state index in [4.69, 9.17) is 18.9 Å². The molecule has 7 bridgehead atoms. The Hall–Kier alpha value is -2.86. The van der Waals surface area contributed by atoms with Crippen molar-refractivity contribution >= 4 is 17.6 Å². The number of benzene rings is 2. The number of nitrogens with zero attached hydrogens (tertiary/aromatic N) is 1. The van der Waals surface area contributed by atoms with Gasteiger partial charge in [-0.2, -0.15) is 0 Å². The van der Waals surface area contributed by atoms with Gasteiger partial charge >= 0.3 is 5.97 Å². The van der Waals surface area contributed by atoms with E-state index < -0.39 is 34.3 Å². The SMILES string of the molecule is CCN1C[C@]2(OC(=O)c3ccccc3NC(=O)c3ccc(C)cc3C)CC[C@H](OC)[C@]34C1[C@H](C[C@H]23)[C@@]1(O)C[C@H](OC)[C@H]2C[C@@H]4[C@]1(O)[C@H]2OC. The van der Waals surface area contributed by atoms with Gasteiger partial charge in [0, 0.05) is 75.0 Å². The van der Waals surface area contributed by atoms with Gasteiger partial charge in [-0.25, -0.2) is 4.79 Å². The molecule has 3 N–H and O–H groups in total. The summed E-state index contributed by atoms with van der Waals surface area (Å²) in [7, 11) is 5.07. The van der Waals surface area contributed by atoms with E-state index in [1.54, 1.807) is 51.7 Å². The van der Waals surface area contributed by atoms with Crippen molar-refractivity contribution in [3.8, 4) is 0 Å². The number of likely N-dealkylation sites (tertiary alicyclic amines) is 1. The first-order valence-corrected chi connectivity index (χ1v) is 17.9. The zero-order valence-corrected chi connectivity index (χ0v) is 29.4. The van der Waals surface area contributed by atoms with Gasteiger partial charge in [0.2, 0.25) is 0 Å². The summed E-state index contributed by atoms with van der Waals surface area (Å²) in [5.41, 5.74) is -1.26. The lowest BCUT2D eigenvalue weighted by atomic mass is 9.44. The summed E-state index contributed by atoms with van der Waals surface area (Å²) < 4.78 is 25.3. The number of esters is 1. The minimum atomic E-state index is -1.50. The number of ether oxygens (including phenoxy) is 4. The Kier molecular flexibility index (Phi) is 7.69. The molecule has 6 fully saturated rings. The molecule has 1 amide bonds. The van der Waals surface area contributed by atoms with Crippen LogP contribution in [0.5, 0.6) is 0 Å². The second-order valence-corrected chi connectivity index (χ2v) is 15.8. The van der Waals surface area contributed by atoms with Crippen LogP contribution in [0.25, 0.3) is 0 Å². The van der Waals surface area contributed by atoms with E-state index in [-0.39, 0.29) is 47.8 Å². The topological polar surface area (TPSA) is 127 Å². The largest absolute Gasteiger partial charge is 0.454 e. The summed E-state index contributed by atoms with van der Waals surface area (Å²) >= 11 is 0. The number of methoxy groups -OCH3 is 3. The van der Waals surface area contributed by atoms with E-state index >= 15 is 0 Å². The Labute approximate surface area is 288 Å². The van der Waals surface area contributed by atoms with Crippen LogP contribution in [0.2, 0.25) is 0 Å². The van der Waals surface area contributed by atoms with Crippen molar-refractivity contribution in [1.29, 1.82) is 0 Å². The second-order valence-electron chi connectivity index (χ2n) is 15.8. The molecule has 2 aromatic rings. The molecule has 10 nitrogen and oxygen atoms in total. The molecule has 10 heteroatoms. The number of nitrogens with one attached hydrogen (secondary N) is 1. The number of carbonyl (C=O) groups is 2. The number of rotatable bonds is 8. The first-order chi connectivity index (χ1) is 23.4. The standard InChI is InChI=1S/C39H50N2O8/c1-7-41-20-36(49-35(43)24-10-8-9-11-27(24)40-34(42)23-13-12-21(2)16-22(23)3)15-14-31(47-5)38-29(36)18-26(32(38)41)37(44)19-28(46-4)25-17-30(38)39(37,45)33(25)48-6/h8-13,16,25-26,28-33,44-45H,7,14-15,17-20H2,1-6H3,(H,40,42)/t25-,26+,28+,29-,30+,31+,32?,33+,36-,37+,38+,39+/m1/s1. The molecule has 49 heavy (non-hydrogen) atoms. The van der Waals surface area contributed by atoms with Crippen molar-refractivity contribution in [2.24, 2.45) is 29.1 Å². The van der Waals surface area contributed by atoms with Crippen LogP contribution in [0.4, 0.5) is 5.69 Å². The number of anilines is 1. The molecule has 1 heterocycles. The number of carbonyl (C=O) groups excluding carboxylic acids is 2. The fraction of sp³-hybridized carbons (Fsp3) is 0.641. The molecule has 1 aliphatic heterocycles. The van der Waals surface area contributed by atoms with Crippen molar-refractivity contribution < 1.29 is 38.7 Å². The van der Waals surface area contributed by atoms with E-state index in [1.165, 1.54) is 0 Å². The Morgan fingerprint density at radius 2 is 1.76 bits per heavy atom. The van der Waals surface area contributed by atoms with Crippen molar-refractivity contribution in [1.82, 2.24) is 4.90 Å². The summed E-state index contributed by atoms with van der Waals surface area (Å²) in [6.45, 7) is 7.23. The molecular formula is C39H50N2O8. The molecule has 0 aromatic heterocycles. The highest BCUT2D eigenvalue weighted by atomic mass is 16.6. The summed E-state index contributed by atoms with van der Waals surface area (Å²) in [6.07, 6.45) is 1.78. The van der Waals surface area contributed by atoms with Crippen LogP contribution < -0.4 is 5.32 Å². The number of aliphatic hydroxyl groups is 2. The molecule has 5 aliphatic carbocycles. The van der Waals surface area contributed by atoms with Gasteiger partial charge in [0.1, 0.15) is 16.8 Å². The average molecular weight is 675 g/mol. The lowest BCUT2D eigenvalue weighted by Gasteiger charge is -2.70. The molecule has 1 unspecified atom stereocenters. The molecular weight excluding hydrogens is 624 g/mol. The highest BCUT2D eigenvalue weighted by molar-refractivity contribution is 6.08. The molecule has 12 atom stereocenters. The highest BCUT2D eigenvalue weighted by Crippen LogP contribution is 2.79. The van der Waals surface area contributed by atoms with Crippen LogP contribution in [0.1, 0.15) is 70.9 Å². The van der Waals surface area contributed by atoms with Crippen LogP contribution in [0.3, 0.4) is 0 Å². The fourth-order valence-corrected chi connectivity index (χ4v) is 12.7. The van der Waals surface area contributed by atoms with Gasteiger partial charge < -0.3 is 34.5 Å². The van der Waals surface area contributed by atoms with E-state index in [9.17, 15) is 19.8 Å². The van der Waals surface area contributed by atoms with Gasteiger partial charge in [-0.05, 0) is 69.8 Å². The Balaban J connectivity index is 1.19. The minimum absolute atomic E-state index is 0.0639. The summed E-state index contributed by atoms with van der Waals surface area (Å²) in [6, 6.07) is 12.6. The van der Waals surface area contributed by atoms with E-state index in [2.05, 4.69) is 17.1 Å². The maximum Gasteiger partial charge on any atom is 0.340 e. The number of hydrogen-bond donors (Lipinski definition) is 3. The maximum atomic E-state index is 14.5. The molecule has 5 saturated carbocycles. The molecule has 1 spiro atoms. The number of para-hydroxylation sites is 1. The monoisotopic (exact) mass is 674 g/mol. The van der Waals surface area contributed by atoms with Gasteiger partial charge in [0.25, 0.3) is 5.91 Å².